The molecule has 138 valence electrons. The van der Waals surface area contributed by atoms with Crippen molar-refractivity contribution < 1.29 is 29.6 Å². The van der Waals surface area contributed by atoms with Crippen LogP contribution in [-0.4, -0.2) is 39.3 Å². The van der Waals surface area contributed by atoms with Crippen molar-refractivity contribution in [2.75, 3.05) is 0 Å². The number of carboxylic acids is 2. The number of carboxylic acid groups (broad SMARTS) is 2. The number of aromatic hydroxyl groups is 1. The van der Waals surface area contributed by atoms with Gasteiger partial charge >= 0.3 is 11.9 Å². The van der Waals surface area contributed by atoms with Gasteiger partial charge in [0.15, 0.2) is 11.5 Å². The number of hydrogen-bond acceptors (Lipinski definition) is 6. The highest BCUT2D eigenvalue weighted by Gasteiger charge is 2.15. The van der Waals surface area contributed by atoms with Crippen molar-refractivity contribution in [3.05, 3.63) is 53.6 Å². The minimum Gasteiger partial charge on any atom is -0.504 e. The summed E-state index contributed by atoms with van der Waals surface area (Å²) in [4.78, 5) is 21.6. The molecule has 0 fully saturated rings. The third kappa shape index (κ3) is 5.20. The summed E-state index contributed by atoms with van der Waals surface area (Å²) in [7, 11) is 0. The van der Waals surface area contributed by atoms with Gasteiger partial charge in [-0.3, -0.25) is 9.59 Å². The van der Waals surface area contributed by atoms with Crippen LogP contribution in [0.1, 0.15) is 11.1 Å². The van der Waals surface area contributed by atoms with Crippen molar-refractivity contribution in [2.24, 2.45) is 11.5 Å². The molecule has 0 saturated carbocycles. The van der Waals surface area contributed by atoms with Gasteiger partial charge < -0.3 is 31.5 Å². The molecule has 0 aliphatic carbocycles. The van der Waals surface area contributed by atoms with Crippen LogP contribution in [0.4, 0.5) is 0 Å². The highest BCUT2D eigenvalue weighted by Crippen LogP contribution is 2.32. The maximum absolute atomic E-state index is 10.8. The number of nitrogens with two attached hydrogens (primary N) is 2. The minimum atomic E-state index is -1.12. The van der Waals surface area contributed by atoms with E-state index in [1.165, 1.54) is 12.1 Å². The first kappa shape index (κ1) is 19.2. The molecule has 8 nitrogen and oxygen atoms in total. The van der Waals surface area contributed by atoms with E-state index in [0.717, 1.165) is 5.56 Å². The lowest BCUT2D eigenvalue weighted by Gasteiger charge is -2.12. The normalized spacial score (nSPS) is 13.0. The predicted molar refractivity (Wildman–Crippen MR) is 93.3 cm³/mol. The Hall–Kier alpha value is -3.10. The summed E-state index contributed by atoms with van der Waals surface area (Å²) >= 11 is 0. The number of carbonyl (C=O) groups is 2. The Morgan fingerprint density at radius 2 is 1.38 bits per heavy atom. The molecule has 2 aromatic rings. The molecule has 0 bridgehead atoms. The summed E-state index contributed by atoms with van der Waals surface area (Å²) in [6.45, 7) is 0. The molecule has 26 heavy (non-hydrogen) atoms. The number of benzene rings is 2. The highest BCUT2D eigenvalue weighted by molar-refractivity contribution is 5.74. The summed E-state index contributed by atoms with van der Waals surface area (Å²) in [5, 5.41) is 27.6. The van der Waals surface area contributed by atoms with Crippen LogP contribution in [-0.2, 0) is 22.4 Å². The van der Waals surface area contributed by atoms with Gasteiger partial charge in [-0.2, -0.15) is 0 Å². The van der Waals surface area contributed by atoms with E-state index < -0.39 is 24.0 Å². The summed E-state index contributed by atoms with van der Waals surface area (Å²) in [5.74, 6) is -1.71. The molecule has 0 radical (unpaired) electrons. The van der Waals surface area contributed by atoms with Crippen LogP contribution >= 0.6 is 0 Å². The van der Waals surface area contributed by atoms with Crippen LogP contribution in [0.3, 0.4) is 0 Å². The largest absolute Gasteiger partial charge is 0.504 e. The standard InChI is InChI=1S/C18H20N2O6/c19-13(17(22)23)7-10-1-4-12(5-2-10)26-16-9-11(3-6-15(16)21)8-14(20)18(24)25/h1-6,9,13-14,21H,7-8,19-20H2,(H,22,23)(H,24,25)/t13-,14?/m0/s1. The van der Waals surface area contributed by atoms with E-state index in [0.29, 0.717) is 11.3 Å². The van der Waals surface area contributed by atoms with Crippen LogP contribution in [0.2, 0.25) is 0 Å². The second-order valence-electron chi connectivity index (χ2n) is 5.85. The molecule has 2 atom stereocenters. The number of phenols is 1. The van der Waals surface area contributed by atoms with Crippen molar-refractivity contribution in [3.63, 3.8) is 0 Å². The Morgan fingerprint density at radius 3 is 1.92 bits per heavy atom. The molecular formula is C18H20N2O6. The van der Waals surface area contributed by atoms with Gasteiger partial charge in [0.2, 0.25) is 0 Å². The van der Waals surface area contributed by atoms with Crippen LogP contribution in [0, 0.1) is 0 Å². The SMILES string of the molecule is NC(Cc1ccc(O)c(Oc2ccc(C[C@H](N)C(=O)O)cc2)c1)C(=O)O. The summed E-state index contributed by atoms with van der Waals surface area (Å²) in [6.07, 6.45) is 0.279. The van der Waals surface area contributed by atoms with Crippen LogP contribution in [0.25, 0.3) is 0 Å². The maximum atomic E-state index is 10.8. The lowest BCUT2D eigenvalue weighted by Crippen LogP contribution is -2.32. The van der Waals surface area contributed by atoms with Crippen LogP contribution in [0.5, 0.6) is 17.2 Å². The molecule has 0 aromatic heterocycles. The molecule has 0 aliphatic heterocycles. The molecule has 0 heterocycles. The predicted octanol–water partition coefficient (Wildman–Crippen LogP) is 1.09. The molecule has 0 spiro atoms. The van der Waals surface area contributed by atoms with Crippen molar-refractivity contribution in [1.29, 1.82) is 0 Å². The molecule has 7 N–H and O–H groups in total. The maximum Gasteiger partial charge on any atom is 0.320 e. The van der Waals surface area contributed by atoms with Crippen LogP contribution in [0.15, 0.2) is 42.5 Å². The van der Waals surface area contributed by atoms with Crippen molar-refractivity contribution in [3.8, 4) is 17.2 Å². The number of hydrogen-bond donors (Lipinski definition) is 5. The third-order valence-corrected chi connectivity index (χ3v) is 3.72. The second-order valence-corrected chi connectivity index (χ2v) is 5.85. The number of rotatable bonds is 8. The smallest absolute Gasteiger partial charge is 0.320 e. The Balaban J connectivity index is 2.10. The fraction of sp³-hybridized carbons (Fsp3) is 0.222. The zero-order valence-electron chi connectivity index (χ0n) is 13.8. The van der Waals surface area contributed by atoms with E-state index in [4.69, 9.17) is 26.4 Å². The van der Waals surface area contributed by atoms with Gasteiger partial charge in [-0.1, -0.05) is 18.2 Å². The highest BCUT2D eigenvalue weighted by atomic mass is 16.5. The summed E-state index contributed by atoms with van der Waals surface area (Å²) < 4.78 is 5.61. The number of phenolic OH excluding ortho intramolecular Hbond substituents is 1. The van der Waals surface area contributed by atoms with E-state index in [2.05, 4.69) is 0 Å². The Labute approximate surface area is 149 Å². The van der Waals surface area contributed by atoms with Gasteiger partial charge in [0.05, 0.1) is 0 Å². The molecular weight excluding hydrogens is 340 g/mol. The summed E-state index contributed by atoms with van der Waals surface area (Å²) in [6, 6.07) is 9.07. The number of ether oxygens (including phenoxy) is 1. The third-order valence-electron chi connectivity index (χ3n) is 3.72. The Bertz CT molecular complexity index is 791. The van der Waals surface area contributed by atoms with Gasteiger partial charge in [0.1, 0.15) is 17.8 Å². The first-order valence-electron chi connectivity index (χ1n) is 7.81. The van der Waals surface area contributed by atoms with Gasteiger partial charge in [0, 0.05) is 0 Å². The lowest BCUT2D eigenvalue weighted by molar-refractivity contribution is -0.139. The Kier molecular flexibility index (Phi) is 6.16. The fourth-order valence-corrected chi connectivity index (χ4v) is 2.27. The average molecular weight is 360 g/mol. The first-order valence-corrected chi connectivity index (χ1v) is 7.81. The van der Waals surface area contributed by atoms with Gasteiger partial charge in [0.25, 0.3) is 0 Å². The van der Waals surface area contributed by atoms with E-state index in [1.807, 2.05) is 0 Å². The van der Waals surface area contributed by atoms with E-state index >= 15 is 0 Å². The van der Waals surface area contributed by atoms with E-state index in [9.17, 15) is 14.7 Å². The van der Waals surface area contributed by atoms with E-state index in [1.54, 1.807) is 30.3 Å². The topological polar surface area (TPSA) is 156 Å². The van der Waals surface area contributed by atoms with Gasteiger partial charge in [-0.05, 0) is 48.2 Å². The molecule has 2 aromatic carbocycles. The van der Waals surface area contributed by atoms with Crippen molar-refractivity contribution in [1.82, 2.24) is 0 Å². The lowest BCUT2D eigenvalue weighted by atomic mass is 10.1. The first-order chi connectivity index (χ1) is 12.3. The number of aliphatic carboxylic acids is 2. The minimum absolute atomic E-state index is 0.0952. The van der Waals surface area contributed by atoms with Crippen molar-refractivity contribution in [2.45, 2.75) is 24.9 Å². The molecule has 1 unspecified atom stereocenters. The molecule has 0 saturated heterocycles. The van der Waals surface area contributed by atoms with Gasteiger partial charge in [-0.15, -0.1) is 0 Å². The zero-order valence-corrected chi connectivity index (χ0v) is 13.8. The Morgan fingerprint density at radius 1 is 0.885 bits per heavy atom. The fourth-order valence-electron chi connectivity index (χ4n) is 2.27. The molecule has 2 rings (SSSR count). The van der Waals surface area contributed by atoms with E-state index in [-0.39, 0.29) is 24.3 Å². The van der Waals surface area contributed by atoms with Crippen molar-refractivity contribution >= 4 is 11.9 Å². The molecule has 8 heteroatoms. The summed E-state index contributed by atoms with van der Waals surface area (Å²) in [5.41, 5.74) is 12.3. The quantitative estimate of drug-likeness (QED) is 0.468. The second kappa shape index (κ2) is 8.32. The average Bonchev–Trinajstić information content (AvgIpc) is 2.59. The van der Waals surface area contributed by atoms with Gasteiger partial charge in [-0.25, -0.2) is 0 Å². The zero-order chi connectivity index (χ0) is 19.3. The van der Waals surface area contributed by atoms with Crippen LogP contribution < -0.4 is 16.2 Å². The molecule has 0 amide bonds. The molecule has 0 aliphatic rings. The monoisotopic (exact) mass is 360 g/mol.